The largest absolute Gasteiger partial charge is 0.504 e. The third-order valence-electron chi connectivity index (χ3n) is 4.80. The summed E-state index contributed by atoms with van der Waals surface area (Å²) in [6.07, 6.45) is -3.70. The fraction of sp³-hybridized carbons (Fsp3) is 0.130. The SMILES string of the molecule is COc1cccc(/C=N\NC(=O)CN(c2cc(C(F)(F)F)ccc2Cl)S(=O)(=O)c2ccccc2)c1O. The summed E-state index contributed by atoms with van der Waals surface area (Å²) in [7, 11) is -3.17. The van der Waals surface area contributed by atoms with Gasteiger partial charge in [-0.05, 0) is 42.5 Å². The zero-order valence-corrected chi connectivity index (χ0v) is 20.1. The fourth-order valence-corrected chi connectivity index (χ4v) is 4.77. The highest BCUT2D eigenvalue weighted by Gasteiger charge is 2.34. The Bertz CT molecular complexity index is 1380. The number of hydrazone groups is 1. The Morgan fingerprint density at radius 1 is 1.14 bits per heavy atom. The zero-order chi connectivity index (χ0) is 26.5. The highest BCUT2D eigenvalue weighted by molar-refractivity contribution is 7.92. The van der Waals surface area contributed by atoms with Crippen LogP contribution < -0.4 is 14.5 Å². The van der Waals surface area contributed by atoms with Gasteiger partial charge in [0.25, 0.3) is 15.9 Å². The highest BCUT2D eigenvalue weighted by Crippen LogP contribution is 2.37. The zero-order valence-electron chi connectivity index (χ0n) is 18.5. The Hall–Kier alpha value is -3.77. The molecule has 0 aliphatic rings. The number of aromatic hydroxyl groups is 1. The number of methoxy groups -OCH3 is 1. The van der Waals surface area contributed by atoms with E-state index in [-0.39, 0.29) is 27.0 Å². The lowest BCUT2D eigenvalue weighted by Crippen LogP contribution is -2.40. The van der Waals surface area contributed by atoms with Gasteiger partial charge in [0.1, 0.15) is 6.54 Å². The Balaban J connectivity index is 1.95. The average Bonchev–Trinajstić information content (AvgIpc) is 2.84. The molecule has 3 aromatic carbocycles. The molecule has 0 heterocycles. The Morgan fingerprint density at radius 3 is 2.47 bits per heavy atom. The van der Waals surface area contributed by atoms with Crippen LogP contribution in [0.25, 0.3) is 0 Å². The number of amides is 1. The maximum atomic E-state index is 13.3. The number of benzene rings is 3. The molecule has 3 rings (SSSR count). The van der Waals surface area contributed by atoms with Crippen LogP contribution in [0.2, 0.25) is 5.02 Å². The van der Waals surface area contributed by atoms with Crippen LogP contribution in [0.5, 0.6) is 11.5 Å². The Kier molecular flexibility index (Phi) is 8.10. The molecule has 0 radical (unpaired) electrons. The number of hydrogen-bond acceptors (Lipinski definition) is 6. The van der Waals surface area contributed by atoms with E-state index in [1.165, 1.54) is 43.5 Å². The summed E-state index contributed by atoms with van der Waals surface area (Å²) in [5.41, 5.74) is 0.583. The molecule has 3 aromatic rings. The van der Waals surface area contributed by atoms with Crippen LogP contribution in [-0.4, -0.2) is 39.3 Å². The molecule has 0 aliphatic carbocycles. The molecule has 0 aromatic heterocycles. The number of para-hydroxylation sites is 1. The van der Waals surface area contributed by atoms with Gasteiger partial charge in [0.2, 0.25) is 0 Å². The summed E-state index contributed by atoms with van der Waals surface area (Å²) < 4.78 is 72.0. The maximum Gasteiger partial charge on any atom is 0.416 e. The van der Waals surface area contributed by atoms with E-state index in [0.29, 0.717) is 16.4 Å². The molecule has 8 nitrogen and oxygen atoms in total. The third-order valence-corrected chi connectivity index (χ3v) is 6.90. The van der Waals surface area contributed by atoms with Crippen LogP contribution in [0.3, 0.4) is 0 Å². The van der Waals surface area contributed by atoms with E-state index < -0.39 is 39.9 Å². The van der Waals surface area contributed by atoms with Gasteiger partial charge in [-0.3, -0.25) is 9.10 Å². The van der Waals surface area contributed by atoms with Crippen LogP contribution in [-0.2, 0) is 21.0 Å². The van der Waals surface area contributed by atoms with Crippen molar-refractivity contribution >= 4 is 39.4 Å². The molecule has 0 spiro atoms. The second-order valence-corrected chi connectivity index (χ2v) is 9.45. The topological polar surface area (TPSA) is 108 Å². The van der Waals surface area contributed by atoms with Crippen LogP contribution in [0.4, 0.5) is 18.9 Å². The van der Waals surface area contributed by atoms with E-state index in [0.717, 1.165) is 12.3 Å². The summed E-state index contributed by atoms with van der Waals surface area (Å²) >= 11 is 6.07. The van der Waals surface area contributed by atoms with Gasteiger partial charge in [0.05, 0.1) is 34.5 Å². The summed E-state index contributed by atoms with van der Waals surface area (Å²) in [6.45, 7) is -0.945. The van der Waals surface area contributed by atoms with E-state index in [2.05, 4.69) is 10.5 Å². The van der Waals surface area contributed by atoms with Crippen molar-refractivity contribution in [1.29, 1.82) is 0 Å². The van der Waals surface area contributed by atoms with E-state index in [1.807, 2.05) is 0 Å². The molecule has 0 aliphatic heterocycles. The second kappa shape index (κ2) is 10.9. The Morgan fingerprint density at radius 2 is 1.83 bits per heavy atom. The Labute approximate surface area is 209 Å². The minimum Gasteiger partial charge on any atom is -0.504 e. The predicted molar refractivity (Wildman–Crippen MR) is 128 cm³/mol. The summed E-state index contributed by atoms with van der Waals surface area (Å²) in [6, 6.07) is 13.5. The van der Waals surface area contributed by atoms with Crippen molar-refractivity contribution in [3.05, 3.63) is 82.9 Å². The van der Waals surface area contributed by atoms with Crippen molar-refractivity contribution < 1.29 is 36.2 Å². The monoisotopic (exact) mass is 541 g/mol. The number of hydrogen-bond donors (Lipinski definition) is 2. The maximum absolute atomic E-state index is 13.3. The van der Waals surface area contributed by atoms with Gasteiger partial charge >= 0.3 is 6.18 Å². The van der Waals surface area contributed by atoms with Gasteiger partial charge in [0.15, 0.2) is 11.5 Å². The highest BCUT2D eigenvalue weighted by atomic mass is 35.5. The van der Waals surface area contributed by atoms with E-state index >= 15 is 0 Å². The lowest BCUT2D eigenvalue weighted by Gasteiger charge is -2.25. The number of phenols is 1. The summed E-state index contributed by atoms with van der Waals surface area (Å²) in [5.74, 6) is -1.08. The van der Waals surface area contributed by atoms with E-state index in [9.17, 15) is 31.5 Å². The van der Waals surface area contributed by atoms with E-state index in [4.69, 9.17) is 16.3 Å². The van der Waals surface area contributed by atoms with Crippen molar-refractivity contribution in [2.45, 2.75) is 11.1 Å². The van der Waals surface area contributed by atoms with Gasteiger partial charge < -0.3 is 9.84 Å². The number of sulfonamides is 1. The van der Waals surface area contributed by atoms with Gasteiger partial charge in [-0.1, -0.05) is 35.9 Å². The number of nitrogens with one attached hydrogen (secondary N) is 1. The molecule has 0 fully saturated rings. The van der Waals surface area contributed by atoms with E-state index in [1.54, 1.807) is 12.1 Å². The molecule has 13 heteroatoms. The molecule has 0 saturated heterocycles. The number of alkyl halides is 3. The van der Waals surface area contributed by atoms with Crippen molar-refractivity contribution in [1.82, 2.24) is 5.43 Å². The molecule has 0 bridgehead atoms. The molecule has 0 unspecified atom stereocenters. The summed E-state index contributed by atoms with van der Waals surface area (Å²) in [5, 5.41) is 13.4. The number of ether oxygens (including phenoxy) is 1. The number of carbonyl (C=O) groups is 1. The van der Waals surface area contributed by atoms with Crippen LogP contribution >= 0.6 is 11.6 Å². The fourth-order valence-electron chi connectivity index (χ4n) is 3.05. The molecule has 0 saturated carbocycles. The minimum atomic E-state index is -4.78. The molecule has 0 atom stereocenters. The van der Waals surface area contributed by atoms with Crippen molar-refractivity contribution in [2.24, 2.45) is 5.10 Å². The number of anilines is 1. The lowest BCUT2D eigenvalue weighted by atomic mass is 10.2. The van der Waals surface area contributed by atoms with Crippen LogP contribution in [0, 0.1) is 0 Å². The molecule has 1 amide bonds. The van der Waals surface area contributed by atoms with Gasteiger partial charge in [0, 0.05) is 5.56 Å². The second-order valence-electron chi connectivity index (χ2n) is 7.18. The number of halogens is 4. The van der Waals surface area contributed by atoms with Gasteiger partial charge in [-0.25, -0.2) is 13.8 Å². The predicted octanol–water partition coefficient (Wildman–Crippen LogP) is 4.42. The lowest BCUT2D eigenvalue weighted by molar-refractivity contribution is -0.137. The number of rotatable bonds is 8. The smallest absolute Gasteiger partial charge is 0.416 e. The molecule has 36 heavy (non-hydrogen) atoms. The minimum absolute atomic E-state index is 0.157. The first-order chi connectivity index (χ1) is 16.9. The van der Waals surface area contributed by atoms with Crippen LogP contribution in [0.1, 0.15) is 11.1 Å². The quantitative estimate of drug-likeness (QED) is 0.324. The molecular formula is C23H19ClF3N3O5S. The van der Waals surface area contributed by atoms with Gasteiger partial charge in [-0.15, -0.1) is 0 Å². The number of nitrogens with zero attached hydrogens (tertiary/aromatic N) is 2. The van der Waals surface area contributed by atoms with Crippen molar-refractivity contribution in [3.8, 4) is 11.5 Å². The normalized spacial score (nSPS) is 11.9. The first kappa shape index (κ1) is 26.8. The molecule has 190 valence electrons. The van der Waals surface area contributed by atoms with Crippen molar-refractivity contribution in [2.75, 3.05) is 18.0 Å². The number of carbonyl (C=O) groups excluding carboxylic acids is 1. The van der Waals surface area contributed by atoms with Crippen molar-refractivity contribution in [3.63, 3.8) is 0 Å². The first-order valence-corrected chi connectivity index (χ1v) is 11.9. The third kappa shape index (κ3) is 6.07. The average molecular weight is 542 g/mol. The number of phenolic OH excluding ortho intramolecular Hbond substituents is 1. The first-order valence-electron chi connectivity index (χ1n) is 10.1. The standard InChI is InChI=1S/C23H19ClF3N3O5S/c1-35-20-9-5-6-15(22(20)32)13-28-29-21(31)14-30(36(33,34)17-7-3-2-4-8-17)19-12-16(23(25,26)27)10-11-18(19)24/h2-13,32H,14H2,1H3,(H,29,31)/b28-13-. The molecule has 2 N–H and O–H groups in total. The van der Waals surface area contributed by atoms with Gasteiger partial charge in [-0.2, -0.15) is 18.3 Å². The van der Waals surface area contributed by atoms with Crippen LogP contribution in [0.15, 0.2) is 76.7 Å². The molecular weight excluding hydrogens is 523 g/mol. The summed E-state index contributed by atoms with van der Waals surface area (Å²) in [4.78, 5) is 12.3.